The van der Waals surface area contributed by atoms with E-state index in [0.29, 0.717) is 31.2 Å². The number of rotatable bonds is 6. The lowest BCUT2D eigenvalue weighted by Crippen LogP contribution is -2.47. The maximum atomic E-state index is 14.9. The Balaban J connectivity index is 1.50. The summed E-state index contributed by atoms with van der Waals surface area (Å²) in [6.07, 6.45) is 1.22. The Morgan fingerprint density at radius 1 is 1.09 bits per heavy atom. The van der Waals surface area contributed by atoms with Crippen LogP contribution in [-0.2, 0) is 27.8 Å². The van der Waals surface area contributed by atoms with Gasteiger partial charge in [-0.05, 0) is 50.3 Å². The molecule has 4 rings (SSSR count). The number of carbonyl (C=O) groups is 1. The Labute approximate surface area is 192 Å². The number of aliphatic hydroxyl groups is 1. The third-order valence-electron chi connectivity index (χ3n) is 6.57. The molecule has 2 atom stereocenters. The average molecular weight is 479 g/mol. The second kappa shape index (κ2) is 9.48. The zero-order valence-electron chi connectivity index (χ0n) is 18.4. The quantitative estimate of drug-likeness (QED) is 0.668. The molecule has 2 fully saturated rings. The molecule has 2 aliphatic rings. The van der Waals surface area contributed by atoms with Crippen molar-refractivity contribution in [2.24, 2.45) is 0 Å². The summed E-state index contributed by atoms with van der Waals surface area (Å²) in [6, 6.07) is 10.4. The second-order valence-electron chi connectivity index (χ2n) is 9.02. The van der Waals surface area contributed by atoms with E-state index in [9.17, 15) is 27.1 Å². The fraction of sp³-hybridized carbons (Fsp3) is 0.458. The summed E-state index contributed by atoms with van der Waals surface area (Å²) in [5, 5.41) is 11.3. The topological polar surface area (TPSA) is 86.7 Å². The van der Waals surface area contributed by atoms with Gasteiger partial charge in [-0.1, -0.05) is 30.3 Å². The van der Waals surface area contributed by atoms with Crippen LogP contribution in [0.15, 0.2) is 42.5 Å². The van der Waals surface area contributed by atoms with Crippen LogP contribution in [-0.4, -0.2) is 41.9 Å². The minimum Gasteiger partial charge on any atom is -0.393 e. The van der Waals surface area contributed by atoms with Gasteiger partial charge < -0.3 is 10.4 Å². The first-order chi connectivity index (χ1) is 15.6. The molecule has 0 aromatic heterocycles. The molecule has 9 heteroatoms. The predicted octanol–water partition coefficient (Wildman–Crippen LogP) is 3.20. The molecule has 1 saturated carbocycles. The highest BCUT2D eigenvalue weighted by atomic mass is 32.2. The molecule has 1 amide bonds. The number of nitrogens with one attached hydrogen (secondary N) is 1. The molecule has 1 heterocycles. The third kappa shape index (κ3) is 5.10. The summed E-state index contributed by atoms with van der Waals surface area (Å²) in [4.78, 5) is 12.1. The molecule has 1 aliphatic carbocycles. The van der Waals surface area contributed by atoms with Crippen LogP contribution in [0.5, 0.6) is 0 Å². The number of aliphatic hydroxyl groups excluding tert-OH is 1. The molecule has 0 bridgehead atoms. The van der Waals surface area contributed by atoms with Crippen molar-refractivity contribution in [3.05, 3.63) is 70.8 Å². The number of hydrogen-bond acceptors (Lipinski definition) is 4. The van der Waals surface area contributed by atoms with Crippen molar-refractivity contribution in [3.63, 3.8) is 0 Å². The second-order valence-corrected chi connectivity index (χ2v) is 11.1. The van der Waals surface area contributed by atoms with Crippen LogP contribution in [0.1, 0.15) is 54.5 Å². The Bertz CT molecular complexity index is 1120. The van der Waals surface area contributed by atoms with E-state index in [2.05, 4.69) is 5.32 Å². The largest absolute Gasteiger partial charge is 0.393 e. The highest BCUT2D eigenvalue weighted by Gasteiger charge is 2.40. The lowest BCUT2D eigenvalue weighted by atomic mass is 9.89. The number of carbonyl (C=O) groups excluding carboxylic acids is 1. The van der Waals surface area contributed by atoms with Crippen LogP contribution in [0.25, 0.3) is 0 Å². The van der Waals surface area contributed by atoms with E-state index < -0.39 is 38.9 Å². The summed E-state index contributed by atoms with van der Waals surface area (Å²) >= 11 is 0. The van der Waals surface area contributed by atoms with Crippen LogP contribution in [0.4, 0.5) is 8.78 Å². The van der Waals surface area contributed by atoms with Crippen LogP contribution in [0.2, 0.25) is 0 Å². The van der Waals surface area contributed by atoms with Crippen molar-refractivity contribution >= 4 is 15.9 Å². The molecule has 2 aromatic carbocycles. The van der Waals surface area contributed by atoms with E-state index in [-0.39, 0.29) is 36.2 Å². The summed E-state index contributed by atoms with van der Waals surface area (Å²) < 4.78 is 57.5. The molecule has 178 valence electrons. The standard InChI is InChI=1S/C24H28F2N2O4S/c1-15-7-8-23(16-5-3-2-4-6-16)33(31,32)28(15)14-18-10-21(25)17(9-22(18)26)11-24(30)27-19-12-20(29)13-19/h2-6,9-10,15,19-20,23,29H,7-8,11-14H2,1H3,(H,27,30)/t15-,19-,20+,23+/m0/s1. The van der Waals surface area contributed by atoms with Gasteiger partial charge >= 0.3 is 0 Å². The van der Waals surface area contributed by atoms with E-state index in [1.807, 2.05) is 6.07 Å². The first kappa shape index (κ1) is 23.8. The van der Waals surface area contributed by atoms with E-state index in [1.54, 1.807) is 31.2 Å². The van der Waals surface area contributed by atoms with Crippen molar-refractivity contribution in [2.75, 3.05) is 0 Å². The molecular formula is C24H28F2N2O4S. The minimum atomic E-state index is -3.78. The molecular weight excluding hydrogens is 450 g/mol. The predicted molar refractivity (Wildman–Crippen MR) is 120 cm³/mol. The van der Waals surface area contributed by atoms with Crippen LogP contribution in [0, 0.1) is 11.6 Å². The van der Waals surface area contributed by atoms with Crippen molar-refractivity contribution < 1.29 is 27.1 Å². The summed E-state index contributed by atoms with van der Waals surface area (Å²) in [5.74, 6) is -1.95. The SMILES string of the molecule is C[C@H]1CC[C@H](c2ccccc2)S(=O)(=O)N1Cc1cc(F)c(CC(=O)N[C@H]2C[C@@H](O)C2)cc1F. The lowest BCUT2D eigenvalue weighted by molar-refractivity contribution is -0.122. The van der Waals surface area contributed by atoms with E-state index in [1.165, 1.54) is 4.31 Å². The number of nitrogens with zero attached hydrogens (tertiary/aromatic N) is 1. The Morgan fingerprint density at radius 3 is 2.39 bits per heavy atom. The fourth-order valence-corrected chi connectivity index (χ4v) is 6.75. The van der Waals surface area contributed by atoms with Crippen molar-refractivity contribution in [2.45, 2.75) is 69.0 Å². The Morgan fingerprint density at radius 2 is 1.73 bits per heavy atom. The summed E-state index contributed by atoms with van der Waals surface area (Å²) in [7, 11) is -3.78. The summed E-state index contributed by atoms with van der Waals surface area (Å²) in [6.45, 7) is 1.49. The van der Waals surface area contributed by atoms with Gasteiger partial charge in [0, 0.05) is 29.8 Å². The van der Waals surface area contributed by atoms with Gasteiger partial charge in [-0.3, -0.25) is 4.79 Å². The van der Waals surface area contributed by atoms with Crippen molar-refractivity contribution in [1.29, 1.82) is 0 Å². The third-order valence-corrected chi connectivity index (χ3v) is 8.94. The number of halogens is 2. The molecule has 1 saturated heterocycles. The lowest BCUT2D eigenvalue weighted by Gasteiger charge is -2.37. The number of amides is 1. The fourth-order valence-electron chi connectivity index (χ4n) is 4.56. The number of sulfonamides is 1. The van der Waals surface area contributed by atoms with Gasteiger partial charge in [-0.25, -0.2) is 17.2 Å². The zero-order valence-corrected chi connectivity index (χ0v) is 19.2. The molecule has 33 heavy (non-hydrogen) atoms. The van der Waals surface area contributed by atoms with Gasteiger partial charge in [0.1, 0.15) is 16.9 Å². The van der Waals surface area contributed by atoms with Gasteiger partial charge in [0.25, 0.3) is 0 Å². The zero-order chi connectivity index (χ0) is 23.8. The maximum Gasteiger partial charge on any atom is 0.224 e. The Hall–Kier alpha value is -2.36. The Kier molecular flexibility index (Phi) is 6.83. The highest BCUT2D eigenvalue weighted by molar-refractivity contribution is 7.89. The highest BCUT2D eigenvalue weighted by Crippen LogP contribution is 2.38. The van der Waals surface area contributed by atoms with Crippen LogP contribution >= 0.6 is 0 Å². The van der Waals surface area contributed by atoms with E-state index in [0.717, 1.165) is 12.1 Å². The smallest absolute Gasteiger partial charge is 0.224 e. The van der Waals surface area contributed by atoms with Crippen molar-refractivity contribution in [1.82, 2.24) is 9.62 Å². The van der Waals surface area contributed by atoms with Crippen LogP contribution < -0.4 is 5.32 Å². The normalized spacial score (nSPS) is 27.0. The molecule has 1 aliphatic heterocycles. The van der Waals surface area contributed by atoms with E-state index >= 15 is 0 Å². The molecule has 0 spiro atoms. The molecule has 0 radical (unpaired) electrons. The van der Waals surface area contributed by atoms with Gasteiger partial charge in [0.2, 0.25) is 15.9 Å². The molecule has 2 N–H and O–H groups in total. The first-order valence-corrected chi connectivity index (χ1v) is 12.6. The van der Waals surface area contributed by atoms with Crippen molar-refractivity contribution in [3.8, 4) is 0 Å². The molecule has 0 unspecified atom stereocenters. The average Bonchev–Trinajstić information content (AvgIpc) is 2.73. The first-order valence-electron chi connectivity index (χ1n) is 11.1. The van der Waals surface area contributed by atoms with Gasteiger partial charge in [-0.2, -0.15) is 4.31 Å². The van der Waals surface area contributed by atoms with Crippen LogP contribution in [0.3, 0.4) is 0 Å². The maximum absolute atomic E-state index is 14.9. The van der Waals surface area contributed by atoms with E-state index in [4.69, 9.17) is 0 Å². The van der Waals surface area contributed by atoms with Gasteiger partial charge in [0.15, 0.2) is 0 Å². The monoisotopic (exact) mass is 478 g/mol. The molecule has 2 aromatic rings. The number of hydrogen-bond donors (Lipinski definition) is 2. The van der Waals surface area contributed by atoms with Gasteiger partial charge in [-0.15, -0.1) is 0 Å². The minimum absolute atomic E-state index is 0.0667. The molecule has 6 nitrogen and oxygen atoms in total. The van der Waals surface area contributed by atoms with Gasteiger partial charge in [0.05, 0.1) is 12.5 Å². The number of benzene rings is 2. The summed E-state index contributed by atoms with van der Waals surface area (Å²) in [5.41, 5.74) is 0.523.